The lowest BCUT2D eigenvalue weighted by molar-refractivity contribution is 0.0330. The first kappa shape index (κ1) is 19.0. The van der Waals surface area contributed by atoms with E-state index in [-0.39, 0.29) is 5.54 Å². The van der Waals surface area contributed by atoms with Gasteiger partial charge in [-0.25, -0.2) is 0 Å². The maximum Gasteiger partial charge on any atom is 0.0303 e. The van der Waals surface area contributed by atoms with Gasteiger partial charge in [0.2, 0.25) is 0 Å². The zero-order valence-electron chi connectivity index (χ0n) is 15.4. The standard InChI is InChI=1S/C19H40N2/c1-6-7-8-9-10-13-19(5,16-20)21-14-11-17(12-15-21)18(2,3)4/h17H,6-16,20H2,1-5H3. The Morgan fingerprint density at radius 1 is 0.952 bits per heavy atom. The third-order valence-electron chi connectivity index (χ3n) is 5.74. The zero-order valence-corrected chi connectivity index (χ0v) is 15.4. The van der Waals surface area contributed by atoms with Crippen LogP contribution in [-0.4, -0.2) is 30.1 Å². The van der Waals surface area contributed by atoms with E-state index in [1.54, 1.807) is 0 Å². The van der Waals surface area contributed by atoms with Crippen LogP contribution in [0.5, 0.6) is 0 Å². The normalized spacial score (nSPS) is 21.4. The molecule has 2 nitrogen and oxygen atoms in total. The van der Waals surface area contributed by atoms with Gasteiger partial charge in [0.05, 0.1) is 0 Å². The Kier molecular flexibility index (Phi) is 7.70. The van der Waals surface area contributed by atoms with Gasteiger partial charge in [0.1, 0.15) is 0 Å². The van der Waals surface area contributed by atoms with E-state index in [1.165, 1.54) is 64.5 Å². The molecule has 0 spiro atoms. The van der Waals surface area contributed by atoms with Gasteiger partial charge in [-0.15, -0.1) is 0 Å². The Bertz CT molecular complexity index is 274. The highest BCUT2D eigenvalue weighted by Gasteiger charge is 2.35. The molecule has 0 aromatic carbocycles. The van der Waals surface area contributed by atoms with Crippen molar-refractivity contribution < 1.29 is 0 Å². The van der Waals surface area contributed by atoms with E-state index in [1.807, 2.05) is 0 Å². The van der Waals surface area contributed by atoms with Gasteiger partial charge in [0, 0.05) is 12.1 Å². The average Bonchev–Trinajstić information content (AvgIpc) is 2.46. The van der Waals surface area contributed by atoms with Crippen molar-refractivity contribution in [2.45, 2.75) is 91.5 Å². The van der Waals surface area contributed by atoms with Gasteiger partial charge in [0.15, 0.2) is 0 Å². The molecule has 1 saturated heterocycles. The van der Waals surface area contributed by atoms with E-state index in [9.17, 15) is 0 Å². The molecule has 21 heavy (non-hydrogen) atoms. The minimum atomic E-state index is 0.231. The largest absolute Gasteiger partial charge is 0.329 e. The number of piperidine rings is 1. The molecule has 1 atom stereocenters. The van der Waals surface area contributed by atoms with E-state index in [4.69, 9.17) is 5.73 Å². The van der Waals surface area contributed by atoms with Gasteiger partial charge < -0.3 is 5.73 Å². The zero-order chi connectivity index (χ0) is 15.9. The minimum Gasteiger partial charge on any atom is -0.329 e. The summed E-state index contributed by atoms with van der Waals surface area (Å²) >= 11 is 0. The smallest absolute Gasteiger partial charge is 0.0303 e. The molecule has 0 saturated carbocycles. The summed E-state index contributed by atoms with van der Waals surface area (Å²) in [5.41, 5.74) is 6.85. The van der Waals surface area contributed by atoms with Gasteiger partial charge in [0.25, 0.3) is 0 Å². The van der Waals surface area contributed by atoms with E-state index in [0.29, 0.717) is 5.41 Å². The van der Waals surface area contributed by atoms with Gasteiger partial charge in [-0.3, -0.25) is 4.90 Å². The van der Waals surface area contributed by atoms with Crippen molar-refractivity contribution in [2.24, 2.45) is 17.1 Å². The van der Waals surface area contributed by atoms with Crippen LogP contribution in [0.25, 0.3) is 0 Å². The van der Waals surface area contributed by atoms with Crippen molar-refractivity contribution in [2.75, 3.05) is 19.6 Å². The van der Waals surface area contributed by atoms with Crippen LogP contribution in [-0.2, 0) is 0 Å². The molecule has 1 rings (SSSR count). The summed E-state index contributed by atoms with van der Waals surface area (Å²) in [6.45, 7) is 15.1. The summed E-state index contributed by atoms with van der Waals surface area (Å²) in [6, 6.07) is 0. The molecule has 0 radical (unpaired) electrons. The van der Waals surface area contributed by atoms with Crippen molar-refractivity contribution >= 4 is 0 Å². The summed E-state index contributed by atoms with van der Waals surface area (Å²) in [4.78, 5) is 2.69. The van der Waals surface area contributed by atoms with E-state index < -0.39 is 0 Å². The molecule has 1 aliphatic heterocycles. The second-order valence-corrected chi connectivity index (χ2v) is 8.49. The Morgan fingerprint density at radius 2 is 1.52 bits per heavy atom. The molecular formula is C19H40N2. The van der Waals surface area contributed by atoms with Crippen molar-refractivity contribution in [1.82, 2.24) is 4.90 Å². The fourth-order valence-corrected chi connectivity index (χ4v) is 3.78. The highest BCUT2D eigenvalue weighted by molar-refractivity contribution is 4.91. The molecule has 0 amide bonds. The Hall–Kier alpha value is -0.0800. The van der Waals surface area contributed by atoms with Crippen molar-refractivity contribution in [3.8, 4) is 0 Å². The topological polar surface area (TPSA) is 29.3 Å². The third-order valence-corrected chi connectivity index (χ3v) is 5.74. The van der Waals surface area contributed by atoms with E-state index in [2.05, 4.69) is 39.5 Å². The van der Waals surface area contributed by atoms with Gasteiger partial charge in [-0.1, -0.05) is 59.8 Å². The van der Waals surface area contributed by atoms with Crippen LogP contribution in [0.4, 0.5) is 0 Å². The maximum absolute atomic E-state index is 6.16. The molecule has 0 aromatic rings. The molecule has 0 aliphatic carbocycles. The van der Waals surface area contributed by atoms with E-state index >= 15 is 0 Å². The molecule has 1 fully saturated rings. The van der Waals surface area contributed by atoms with Gasteiger partial charge in [-0.2, -0.15) is 0 Å². The third kappa shape index (κ3) is 5.90. The molecule has 0 bridgehead atoms. The molecule has 1 aliphatic rings. The van der Waals surface area contributed by atoms with Crippen LogP contribution in [0.3, 0.4) is 0 Å². The number of hydrogen-bond acceptors (Lipinski definition) is 2. The molecule has 1 heterocycles. The second-order valence-electron chi connectivity index (χ2n) is 8.49. The number of nitrogens with zero attached hydrogens (tertiary/aromatic N) is 1. The predicted molar refractivity (Wildman–Crippen MR) is 94.6 cm³/mol. The predicted octanol–water partition coefficient (Wildman–Crippen LogP) is 4.82. The number of nitrogens with two attached hydrogens (primary N) is 1. The summed E-state index contributed by atoms with van der Waals surface area (Å²) in [7, 11) is 0. The SMILES string of the molecule is CCCCCCCC(C)(CN)N1CCC(C(C)(C)C)CC1. The monoisotopic (exact) mass is 296 g/mol. The Labute approximate surface area is 133 Å². The van der Waals surface area contributed by atoms with Crippen LogP contribution in [0.15, 0.2) is 0 Å². The van der Waals surface area contributed by atoms with Crippen LogP contribution >= 0.6 is 0 Å². The summed E-state index contributed by atoms with van der Waals surface area (Å²) in [6.07, 6.45) is 10.8. The second kappa shape index (κ2) is 8.53. The molecule has 0 aromatic heterocycles. The Balaban J connectivity index is 2.41. The minimum absolute atomic E-state index is 0.231. The van der Waals surface area contributed by atoms with Crippen LogP contribution in [0, 0.1) is 11.3 Å². The number of hydrogen-bond donors (Lipinski definition) is 1. The fraction of sp³-hybridized carbons (Fsp3) is 1.00. The van der Waals surface area contributed by atoms with E-state index in [0.717, 1.165) is 12.5 Å². The number of unbranched alkanes of at least 4 members (excludes halogenated alkanes) is 4. The Morgan fingerprint density at radius 3 is 2.00 bits per heavy atom. The lowest BCUT2D eigenvalue weighted by Gasteiger charge is -2.47. The van der Waals surface area contributed by atoms with Crippen LogP contribution in [0.2, 0.25) is 0 Å². The van der Waals surface area contributed by atoms with Crippen LogP contribution < -0.4 is 5.73 Å². The average molecular weight is 297 g/mol. The van der Waals surface area contributed by atoms with Crippen molar-refractivity contribution in [1.29, 1.82) is 0 Å². The van der Waals surface area contributed by atoms with Gasteiger partial charge in [-0.05, 0) is 50.6 Å². The first-order valence-electron chi connectivity index (χ1n) is 9.28. The number of likely N-dealkylation sites (tertiary alicyclic amines) is 1. The fourth-order valence-electron chi connectivity index (χ4n) is 3.78. The molecular weight excluding hydrogens is 256 g/mol. The van der Waals surface area contributed by atoms with Crippen molar-refractivity contribution in [3.05, 3.63) is 0 Å². The number of rotatable bonds is 8. The maximum atomic E-state index is 6.16. The quantitative estimate of drug-likeness (QED) is 0.650. The van der Waals surface area contributed by atoms with Crippen molar-refractivity contribution in [3.63, 3.8) is 0 Å². The summed E-state index contributed by atoms with van der Waals surface area (Å²) < 4.78 is 0. The highest BCUT2D eigenvalue weighted by Crippen LogP contribution is 2.36. The molecule has 2 heteroatoms. The molecule has 1 unspecified atom stereocenters. The molecule has 126 valence electrons. The first-order chi connectivity index (χ1) is 9.83. The highest BCUT2D eigenvalue weighted by atomic mass is 15.2. The van der Waals surface area contributed by atoms with Crippen LogP contribution in [0.1, 0.15) is 86.0 Å². The lowest BCUT2D eigenvalue weighted by atomic mass is 9.74. The summed E-state index contributed by atoms with van der Waals surface area (Å²) in [5, 5.41) is 0. The van der Waals surface area contributed by atoms with Gasteiger partial charge >= 0.3 is 0 Å². The first-order valence-corrected chi connectivity index (χ1v) is 9.28. The lowest BCUT2D eigenvalue weighted by Crippen LogP contribution is -2.55. The molecule has 2 N–H and O–H groups in total. The summed E-state index contributed by atoms with van der Waals surface area (Å²) in [5.74, 6) is 0.875.